The van der Waals surface area contributed by atoms with Gasteiger partial charge in [-0.05, 0) is 12.8 Å². The molecule has 0 atom stereocenters. The standard InChI is InChI=1S/C12H20N4O2S/c1-16(2)11-15-9(6-19-11)5-13-10(18)14-7-12(8-17)3-4-12/h6,17H,3-5,7-8H2,1-2H3,(H2,13,14,18). The van der Waals surface area contributed by atoms with Gasteiger partial charge in [-0.1, -0.05) is 0 Å². The fourth-order valence-corrected chi connectivity index (χ4v) is 2.41. The van der Waals surface area contributed by atoms with Gasteiger partial charge in [0.05, 0.1) is 18.8 Å². The quantitative estimate of drug-likeness (QED) is 0.721. The number of thiazole rings is 1. The van der Waals surface area contributed by atoms with Crippen molar-refractivity contribution in [3.8, 4) is 0 Å². The van der Waals surface area contributed by atoms with Gasteiger partial charge in [-0.2, -0.15) is 0 Å². The summed E-state index contributed by atoms with van der Waals surface area (Å²) in [6.45, 7) is 1.10. The van der Waals surface area contributed by atoms with Gasteiger partial charge < -0.3 is 20.6 Å². The fraction of sp³-hybridized carbons (Fsp3) is 0.667. The number of anilines is 1. The van der Waals surface area contributed by atoms with Crippen molar-refractivity contribution < 1.29 is 9.90 Å². The summed E-state index contributed by atoms with van der Waals surface area (Å²) in [7, 11) is 3.87. The van der Waals surface area contributed by atoms with Crippen molar-refractivity contribution in [3.05, 3.63) is 11.1 Å². The number of nitrogens with zero attached hydrogens (tertiary/aromatic N) is 2. The van der Waals surface area contributed by atoms with Crippen molar-refractivity contribution in [2.45, 2.75) is 19.4 Å². The molecule has 7 heteroatoms. The minimum absolute atomic E-state index is 0.0595. The van der Waals surface area contributed by atoms with Gasteiger partial charge >= 0.3 is 6.03 Å². The van der Waals surface area contributed by atoms with E-state index in [0.717, 1.165) is 23.7 Å². The van der Waals surface area contributed by atoms with E-state index in [1.807, 2.05) is 24.4 Å². The first-order valence-electron chi connectivity index (χ1n) is 6.29. The second-order valence-electron chi connectivity index (χ2n) is 5.21. The predicted octanol–water partition coefficient (Wildman–Crippen LogP) is 0.781. The van der Waals surface area contributed by atoms with Crippen LogP contribution in [0.1, 0.15) is 18.5 Å². The summed E-state index contributed by atoms with van der Waals surface area (Å²) in [5.41, 5.74) is 0.794. The van der Waals surface area contributed by atoms with E-state index in [1.165, 1.54) is 0 Å². The second kappa shape index (κ2) is 5.75. The smallest absolute Gasteiger partial charge is 0.315 e. The number of carbonyl (C=O) groups is 1. The Hall–Kier alpha value is -1.34. The highest BCUT2D eigenvalue weighted by molar-refractivity contribution is 7.13. The maximum atomic E-state index is 11.6. The number of aromatic nitrogens is 1. The molecule has 3 N–H and O–H groups in total. The molecule has 2 amide bonds. The molecule has 2 rings (SSSR count). The van der Waals surface area contributed by atoms with E-state index in [2.05, 4.69) is 15.6 Å². The number of amides is 2. The molecule has 0 radical (unpaired) electrons. The molecule has 1 aliphatic rings. The predicted molar refractivity (Wildman–Crippen MR) is 75.4 cm³/mol. The van der Waals surface area contributed by atoms with Crippen LogP contribution in [0.15, 0.2) is 5.38 Å². The molecular weight excluding hydrogens is 264 g/mol. The average molecular weight is 284 g/mol. The Morgan fingerprint density at radius 1 is 1.53 bits per heavy atom. The summed E-state index contributed by atoms with van der Waals surface area (Å²) in [5.74, 6) is 0. The Morgan fingerprint density at radius 3 is 2.79 bits per heavy atom. The van der Waals surface area contributed by atoms with Gasteiger partial charge in [0, 0.05) is 31.4 Å². The van der Waals surface area contributed by atoms with Crippen LogP contribution in [0.4, 0.5) is 9.93 Å². The summed E-state index contributed by atoms with van der Waals surface area (Å²) in [6, 6.07) is -0.209. The summed E-state index contributed by atoms with van der Waals surface area (Å²) < 4.78 is 0. The molecule has 19 heavy (non-hydrogen) atoms. The van der Waals surface area contributed by atoms with Crippen LogP contribution in [-0.2, 0) is 6.54 Å². The molecule has 1 aromatic rings. The van der Waals surface area contributed by atoms with Gasteiger partial charge in [0.15, 0.2) is 5.13 Å². The molecule has 0 bridgehead atoms. The monoisotopic (exact) mass is 284 g/mol. The zero-order valence-electron chi connectivity index (χ0n) is 11.3. The first-order valence-corrected chi connectivity index (χ1v) is 7.17. The van der Waals surface area contributed by atoms with Crippen molar-refractivity contribution in [1.29, 1.82) is 0 Å². The molecule has 1 saturated carbocycles. The number of hydrogen-bond acceptors (Lipinski definition) is 5. The lowest BCUT2D eigenvalue weighted by Crippen LogP contribution is -2.39. The molecule has 1 heterocycles. The van der Waals surface area contributed by atoms with E-state index in [9.17, 15) is 4.79 Å². The summed E-state index contributed by atoms with van der Waals surface area (Å²) in [6.07, 6.45) is 1.98. The Kier molecular flexibility index (Phi) is 4.26. The van der Waals surface area contributed by atoms with Crippen LogP contribution in [0.2, 0.25) is 0 Å². The zero-order chi connectivity index (χ0) is 13.9. The Morgan fingerprint density at radius 2 is 2.26 bits per heavy atom. The Bertz CT molecular complexity index is 443. The first kappa shape index (κ1) is 14.1. The largest absolute Gasteiger partial charge is 0.396 e. The van der Waals surface area contributed by atoms with E-state index in [-0.39, 0.29) is 18.1 Å². The van der Waals surface area contributed by atoms with Crippen molar-refractivity contribution in [2.24, 2.45) is 5.41 Å². The first-order chi connectivity index (χ1) is 9.04. The van der Waals surface area contributed by atoms with Crippen LogP contribution < -0.4 is 15.5 Å². The van der Waals surface area contributed by atoms with Crippen molar-refractivity contribution in [3.63, 3.8) is 0 Å². The van der Waals surface area contributed by atoms with Gasteiger partial charge in [0.25, 0.3) is 0 Å². The number of carbonyl (C=O) groups excluding carboxylic acids is 1. The van der Waals surface area contributed by atoms with Gasteiger partial charge in [-0.15, -0.1) is 11.3 Å². The highest BCUT2D eigenvalue weighted by Gasteiger charge is 2.42. The van der Waals surface area contributed by atoms with E-state index >= 15 is 0 Å². The van der Waals surface area contributed by atoms with E-state index in [0.29, 0.717) is 13.1 Å². The summed E-state index contributed by atoms with van der Waals surface area (Å²) in [4.78, 5) is 17.9. The molecule has 1 fully saturated rings. The molecule has 0 unspecified atom stereocenters. The lowest BCUT2D eigenvalue weighted by atomic mass is 10.1. The summed E-state index contributed by atoms with van der Waals surface area (Å²) in [5, 5.41) is 17.6. The van der Waals surface area contributed by atoms with Gasteiger partial charge in [0.2, 0.25) is 0 Å². The van der Waals surface area contributed by atoms with Crippen LogP contribution in [-0.4, -0.2) is 43.4 Å². The Balaban J connectivity index is 1.70. The summed E-state index contributed by atoms with van der Waals surface area (Å²) >= 11 is 1.55. The molecule has 6 nitrogen and oxygen atoms in total. The van der Waals surface area contributed by atoms with Crippen molar-refractivity contribution in [1.82, 2.24) is 15.6 Å². The zero-order valence-corrected chi connectivity index (χ0v) is 12.1. The number of hydrogen-bond donors (Lipinski definition) is 3. The SMILES string of the molecule is CN(C)c1nc(CNC(=O)NCC2(CO)CC2)cs1. The number of aliphatic hydroxyl groups is 1. The molecule has 0 aliphatic heterocycles. The van der Waals surface area contributed by atoms with Gasteiger partial charge in [-0.3, -0.25) is 0 Å². The number of nitrogens with one attached hydrogen (secondary N) is 2. The third kappa shape index (κ3) is 3.81. The maximum absolute atomic E-state index is 11.6. The molecule has 1 aliphatic carbocycles. The highest BCUT2D eigenvalue weighted by Crippen LogP contribution is 2.44. The van der Waals surface area contributed by atoms with Crippen LogP contribution in [0.3, 0.4) is 0 Å². The molecule has 106 valence electrons. The average Bonchev–Trinajstić information content (AvgIpc) is 3.02. The van der Waals surface area contributed by atoms with Crippen LogP contribution in [0.25, 0.3) is 0 Å². The van der Waals surface area contributed by atoms with Crippen LogP contribution in [0, 0.1) is 5.41 Å². The molecular formula is C12H20N4O2S. The van der Waals surface area contributed by atoms with Gasteiger partial charge in [-0.25, -0.2) is 9.78 Å². The molecule has 0 aromatic carbocycles. The third-order valence-electron chi connectivity index (χ3n) is 3.27. The minimum Gasteiger partial charge on any atom is -0.396 e. The molecule has 1 aromatic heterocycles. The van der Waals surface area contributed by atoms with Gasteiger partial charge in [0.1, 0.15) is 0 Å². The van der Waals surface area contributed by atoms with Crippen LogP contribution >= 0.6 is 11.3 Å². The van der Waals surface area contributed by atoms with Crippen molar-refractivity contribution in [2.75, 3.05) is 32.1 Å². The normalized spacial score (nSPS) is 15.9. The lowest BCUT2D eigenvalue weighted by molar-refractivity contribution is 0.203. The lowest BCUT2D eigenvalue weighted by Gasteiger charge is -2.13. The number of urea groups is 1. The minimum atomic E-state index is -0.209. The van der Waals surface area contributed by atoms with E-state index in [4.69, 9.17) is 5.11 Å². The van der Waals surface area contributed by atoms with Crippen LogP contribution in [0.5, 0.6) is 0 Å². The van der Waals surface area contributed by atoms with Crippen molar-refractivity contribution >= 4 is 22.5 Å². The van der Waals surface area contributed by atoms with E-state index in [1.54, 1.807) is 11.3 Å². The highest BCUT2D eigenvalue weighted by atomic mass is 32.1. The Labute approximate surface area is 116 Å². The third-order valence-corrected chi connectivity index (χ3v) is 4.33. The topological polar surface area (TPSA) is 77.5 Å². The fourth-order valence-electron chi connectivity index (χ4n) is 1.65. The maximum Gasteiger partial charge on any atom is 0.315 e. The number of rotatable bonds is 6. The molecule has 0 saturated heterocycles. The number of aliphatic hydroxyl groups excluding tert-OH is 1. The second-order valence-corrected chi connectivity index (χ2v) is 6.05. The molecule has 0 spiro atoms. The van der Waals surface area contributed by atoms with E-state index < -0.39 is 0 Å².